The highest BCUT2D eigenvalue weighted by Gasteiger charge is 2.38. The standard InChI is InChI=1S/C19H20ClNO4/c1-12-17(19(23)24-2)15(10-13-6-3-4-8-16(13)20)18(22)21(12)11-14-7-5-9-25-14/h3-4,6,8,10,14H,5,7,9,11H2,1-2H3/b15-10-/t14-/m1/s1. The molecule has 6 heteroatoms. The number of nitrogens with zero attached hydrogens (tertiary/aromatic N) is 1. The van der Waals surface area contributed by atoms with Crippen LogP contribution in [0.5, 0.6) is 0 Å². The molecule has 3 rings (SSSR count). The van der Waals surface area contributed by atoms with Crippen LogP contribution >= 0.6 is 11.6 Å². The second kappa shape index (κ2) is 7.42. The van der Waals surface area contributed by atoms with Gasteiger partial charge in [0, 0.05) is 17.3 Å². The molecule has 0 unspecified atom stereocenters. The van der Waals surface area contributed by atoms with E-state index >= 15 is 0 Å². The maximum absolute atomic E-state index is 13.0. The second-order valence-electron chi connectivity index (χ2n) is 6.08. The normalized spacial score (nSPS) is 22.2. The molecule has 132 valence electrons. The number of hydrogen-bond donors (Lipinski definition) is 0. The first-order valence-electron chi connectivity index (χ1n) is 8.22. The third-order valence-corrected chi connectivity index (χ3v) is 4.86. The van der Waals surface area contributed by atoms with Crippen LogP contribution in [0.1, 0.15) is 25.3 Å². The van der Waals surface area contributed by atoms with Crippen LogP contribution in [0.15, 0.2) is 41.1 Å². The fraction of sp³-hybridized carbons (Fsp3) is 0.368. The van der Waals surface area contributed by atoms with Crippen LogP contribution in [0.2, 0.25) is 5.02 Å². The van der Waals surface area contributed by atoms with Crippen molar-refractivity contribution in [1.82, 2.24) is 4.90 Å². The van der Waals surface area contributed by atoms with Gasteiger partial charge in [-0.2, -0.15) is 0 Å². The molecule has 0 N–H and O–H groups in total. The molecule has 0 aliphatic carbocycles. The Bertz CT molecular complexity index is 762. The van der Waals surface area contributed by atoms with Gasteiger partial charge in [0.15, 0.2) is 0 Å². The van der Waals surface area contributed by atoms with Crippen LogP contribution in [-0.2, 0) is 19.1 Å². The number of methoxy groups -OCH3 is 1. The summed E-state index contributed by atoms with van der Waals surface area (Å²) in [6, 6.07) is 7.19. The van der Waals surface area contributed by atoms with Gasteiger partial charge in [0.25, 0.3) is 5.91 Å². The zero-order chi connectivity index (χ0) is 18.0. The lowest BCUT2D eigenvalue weighted by molar-refractivity contribution is -0.136. The zero-order valence-electron chi connectivity index (χ0n) is 14.3. The molecule has 2 heterocycles. The minimum atomic E-state index is -0.529. The number of ether oxygens (including phenoxy) is 2. The molecule has 5 nitrogen and oxygen atoms in total. The topological polar surface area (TPSA) is 55.8 Å². The highest BCUT2D eigenvalue weighted by molar-refractivity contribution is 6.32. The Morgan fingerprint density at radius 2 is 2.20 bits per heavy atom. The molecule has 25 heavy (non-hydrogen) atoms. The summed E-state index contributed by atoms with van der Waals surface area (Å²) < 4.78 is 10.5. The van der Waals surface area contributed by atoms with Crippen LogP contribution in [0.25, 0.3) is 6.08 Å². The van der Waals surface area contributed by atoms with E-state index in [4.69, 9.17) is 21.1 Å². The molecule has 0 aromatic heterocycles. The first-order chi connectivity index (χ1) is 12.0. The van der Waals surface area contributed by atoms with Crippen molar-refractivity contribution in [3.8, 4) is 0 Å². The summed E-state index contributed by atoms with van der Waals surface area (Å²) in [5, 5.41) is 0.516. The van der Waals surface area contributed by atoms with Crippen molar-refractivity contribution in [3.05, 3.63) is 51.7 Å². The SMILES string of the molecule is COC(=O)C1=C(C)N(C[C@H]2CCCO2)C(=O)/C1=C\c1ccccc1Cl. The van der Waals surface area contributed by atoms with Gasteiger partial charge in [0.2, 0.25) is 0 Å². The van der Waals surface area contributed by atoms with Crippen molar-refractivity contribution in [2.45, 2.75) is 25.9 Å². The van der Waals surface area contributed by atoms with E-state index < -0.39 is 5.97 Å². The zero-order valence-corrected chi connectivity index (χ0v) is 15.0. The number of allylic oxidation sites excluding steroid dienone is 1. The van der Waals surface area contributed by atoms with E-state index in [9.17, 15) is 9.59 Å². The first kappa shape index (κ1) is 17.7. The Hall–Kier alpha value is -2.11. The average Bonchev–Trinajstić information content (AvgIpc) is 3.19. The average molecular weight is 362 g/mol. The highest BCUT2D eigenvalue weighted by Crippen LogP contribution is 2.33. The Morgan fingerprint density at radius 3 is 2.84 bits per heavy atom. The maximum Gasteiger partial charge on any atom is 0.340 e. The van der Waals surface area contributed by atoms with E-state index in [2.05, 4.69) is 0 Å². The highest BCUT2D eigenvalue weighted by atomic mass is 35.5. The Labute approximate surface area is 151 Å². The van der Waals surface area contributed by atoms with Crippen molar-refractivity contribution in [2.75, 3.05) is 20.3 Å². The second-order valence-corrected chi connectivity index (χ2v) is 6.49. The fourth-order valence-electron chi connectivity index (χ4n) is 3.19. The molecule has 2 aliphatic rings. The van der Waals surface area contributed by atoms with Crippen molar-refractivity contribution >= 4 is 29.6 Å². The number of benzene rings is 1. The van der Waals surface area contributed by atoms with Crippen molar-refractivity contribution in [3.63, 3.8) is 0 Å². The lowest BCUT2D eigenvalue weighted by Crippen LogP contribution is -2.33. The molecule has 2 aliphatic heterocycles. The Balaban J connectivity index is 2.00. The van der Waals surface area contributed by atoms with Crippen LogP contribution in [0.3, 0.4) is 0 Å². The summed E-state index contributed by atoms with van der Waals surface area (Å²) in [6.45, 7) is 2.90. The molecule has 0 radical (unpaired) electrons. The van der Waals surface area contributed by atoms with Gasteiger partial charge in [-0.3, -0.25) is 4.79 Å². The quantitative estimate of drug-likeness (QED) is 0.610. The van der Waals surface area contributed by atoms with E-state index in [0.29, 0.717) is 35.0 Å². The van der Waals surface area contributed by atoms with Gasteiger partial charge in [0.05, 0.1) is 30.9 Å². The van der Waals surface area contributed by atoms with Crippen LogP contribution in [-0.4, -0.2) is 43.1 Å². The van der Waals surface area contributed by atoms with Gasteiger partial charge in [-0.25, -0.2) is 4.79 Å². The van der Waals surface area contributed by atoms with Gasteiger partial charge in [-0.15, -0.1) is 0 Å². The summed E-state index contributed by atoms with van der Waals surface area (Å²) >= 11 is 6.20. The Morgan fingerprint density at radius 1 is 1.44 bits per heavy atom. The predicted molar refractivity (Wildman–Crippen MR) is 94.8 cm³/mol. The lowest BCUT2D eigenvalue weighted by atomic mass is 10.0. The molecule has 1 aromatic rings. The molecule has 1 fully saturated rings. The third kappa shape index (κ3) is 3.48. The number of esters is 1. The molecular weight excluding hydrogens is 342 g/mol. The molecule has 1 atom stereocenters. The number of halogens is 1. The van der Waals surface area contributed by atoms with Gasteiger partial charge >= 0.3 is 5.97 Å². The fourth-order valence-corrected chi connectivity index (χ4v) is 3.38. The number of amides is 1. The summed E-state index contributed by atoms with van der Waals surface area (Å²) in [5.41, 5.74) is 1.85. The molecule has 1 aromatic carbocycles. The number of carbonyl (C=O) groups excluding carboxylic acids is 2. The molecule has 1 amide bonds. The van der Waals surface area contributed by atoms with Gasteiger partial charge in [0.1, 0.15) is 0 Å². The van der Waals surface area contributed by atoms with E-state index in [1.807, 2.05) is 12.1 Å². The van der Waals surface area contributed by atoms with Crippen molar-refractivity contribution in [1.29, 1.82) is 0 Å². The van der Waals surface area contributed by atoms with Crippen LogP contribution in [0.4, 0.5) is 0 Å². The van der Waals surface area contributed by atoms with Crippen LogP contribution < -0.4 is 0 Å². The van der Waals surface area contributed by atoms with E-state index in [1.165, 1.54) is 7.11 Å². The summed E-state index contributed by atoms with van der Waals surface area (Å²) in [5.74, 6) is -0.757. The largest absolute Gasteiger partial charge is 0.465 e. The van der Waals surface area contributed by atoms with Gasteiger partial charge < -0.3 is 14.4 Å². The number of carbonyl (C=O) groups is 2. The number of hydrogen-bond acceptors (Lipinski definition) is 4. The Kier molecular flexibility index (Phi) is 5.25. The molecular formula is C19H20ClNO4. The molecule has 0 spiro atoms. The minimum Gasteiger partial charge on any atom is -0.465 e. The van der Waals surface area contributed by atoms with E-state index in [0.717, 1.165) is 12.8 Å². The summed E-state index contributed by atoms with van der Waals surface area (Å²) in [6.07, 6.45) is 3.55. The minimum absolute atomic E-state index is 0.00235. The van der Waals surface area contributed by atoms with E-state index in [-0.39, 0.29) is 17.6 Å². The molecule has 1 saturated heterocycles. The first-order valence-corrected chi connectivity index (χ1v) is 8.60. The smallest absolute Gasteiger partial charge is 0.340 e. The molecule has 0 bridgehead atoms. The predicted octanol–water partition coefficient (Wildman–Crippen LogP) is 3.19. The van der Waals surface area contributed by atoms with Gasteiger partial charge in [-0.05, 0) is 37.5 Å². The lowest BCUT2D eigenvalue weighted by Gasteiger charge is -2.21. The van der Waals surface area contributed by atoms with Crippen LogP contribution in [0, 0.1) is 0 Å². The maximum atomic E-state index is 13.0. The number of rotatable bonds is 4. The third-order valence-electron chi connectivity index (χ3n) is 4.52. The summed E-state index contributed by atoms with van der Waals surface area (Å²) in [4.78, 5) is 26.8. The summed E-state index contributed by atoms with van der Waals surface area (Å²) in [7, 11) is 1.31. The van der Waals surface area contributed by atoms with Gasteiger partial charge in [-0.1, -0.05) is 29.8 Å². The van der Waals surface area contributed by atoms with E-state index in [1.54, 1.807) is 30.0 Å². The monoisotopic (exact) mass is 361 g/mol. The molecule has 0 saturated carbocycles. The van der Waals surface area contributed by atoms with Crippen molar-refractivity contribution < 1.29 is 19.1 Å². The van der Waals surface area contributed by atoms with Crippen molar-refractivity contribution in [2.24, 2.45) is 0 Å².